The quantitative estimate of drug-likeness (QED) is 0.536. The molecule has 30 heavy (non-hydrogen) atoms. The summed E-state index contributed by atoms with van der Waals surface area (Å²) in [4.78, 5) is 8.36. The number of aliphatic imine (C=N–C) groups is 1. The highest BCUT2D eigenvalue weighted by Gasteiger charge is 2.46. The molecule has 2 aromatic carbocycles. The average molecular weight is 480 g/mol. The molecule has 0 aliphatic carbocycles. The minimum Gasteiger partial charge on any atom is -0.481 e. The molecule has 9 heteroatoms. The lowest BCUT2D eigenvalue weighted by Crippen LogP contribution is -2.26. The predicted molar refractivity (Wildman–Crippen MR) is 107 cm³/mol. The second-order valence-electron chi connectivity index (χ2n) is 6.66. The van der Waals surface area contributed by atoms with Crippen LogP contribution in [-0.4, -0.2) is 17.9 Å². The molecule has 0 amide bonds. The van der Waals surface area contributed by atoms with Crippen molar-refractivity contribution in [2.45, 2.75) is 11.7 Å². The smallest absolute Gasteiger partial charge is 0.421 e. The molecule has 1 unspecified atom stereocenters. The van der Waals surface area contributed by atoms with Crippen LogP contribution in [0, 0.1) is 5.82 Å². The van der Waals surface area contributed by atoms with Crippen LogP contribution in [-0.2, 0) is 11.7 Å². The summed E-state index contributed by atoms with van der Waals surface area (Å²) in [5.74, 6) is -1.28. The van der Waals surface area contributed by atoms with Crippen molar-refractivity contribution < 1.29 is 22.3 Å². The predicted octanol–water partition coefficient (Wildman–Crippen LogP) is 5.02. The van der Waals surface area contributed by atoms with Crippen molar-refractivity contribution in [1.29, 1.82) is 0 Å². The molecule has 154 valence electrons. The number of halogens is 5. The Morgan fingerprint density at radius 2 is 1.80 bits per heavy atom. The third kappa shape index (κ3) is 3.04. The Hall–Kier alpha value is -2.94. The largest absolute Gasteiger partial charge is 0.481 e. The number of benzene rings is 2. The SMILES string of the molecule is COc1ncc(C2(c3cccc(Br)c3)N=C(N)c3c(F)cccc32)cc1C(F)(F)F. The van der Waals surface area contributed by atoms with Crippen molar-refractivity contribution in [2.75, 3.05) is 7.11 Å². The number of ether oxygens (including phenoxy) is 1. The van der Waals surface area contributed by atoms with E-state index in [0.717, 1.165) is 13.2 Å². The van der Waals surface area contributed by atoms with Gasteiger partial charge in [-0.25, -0.2) is 14.4 Å². The lowest BCUT2D eigenvalue weighted by Gasteiger charge is -2.29. The van der Waals surface area contributed by atoms with E-state index in [4.69, 9.17) is 10.5 Å². The summed E-state index contributed by atoms with van der Waals surface area (Å²) in [6, 6.07) is 12.1. The van der Waals surface area contributed by atoms with Crippen molar-refractivity contribution in [3.8, 4) is 5.88 Å². The van der Waals surface area contributed by atoms with Crippen LogP contribution in [0.3, 0.4) is 0 Å². The fourth-order valence-corrected chi connectivity index (χ4v) is 4.12. The summed E-state index contributed by atoms with van der Waals surface area (Å²) in [5, 5.41) is 0. The summed E-state index contributed by atoms with van der Waals surface area (Å²) in [5.41, 5.74) is 4.45. The van der Waals surface area contributed by atoms with Crippen LogP contribution in [0.15, 0.2) is 64.2 Å². The fourth-order valence-electron chi connectivity index (χ4n) is 3.72. The minimum absolute atomic E-state index is 0.0573. The molecule has 4 rings (SSSR count). The molecule has 0 bridgehead atoms. The lowest BCUT2D eigenvalue weighted by molar-refractivity contribution is -0.139. The molecular weight excluding hydrogens is 466 g/mol. The molecule has 1 atom stereocenters. The number of rotatable bonds is 3. The Balaban J connectivity index is 2.10. The Bertz CT molecular complexity index is 1180. The highest BCUT2D eigenvalue weighted by Crippen LogP contribution is 2.48. The van der Waals surface area contributed by atoms with Gasteiger partial charge in [0.15, 0.2) is 0 Å². The fraction of sp³-hybridized carbons (Fsp3) is 0.143. The Morgan fingerprint density at radius 1 is 1.07 bits per heavy atom. The van der Waals surface area contributed by atoms with E-state index in [0.29, 0.717) is 15.6 Å². The van der Waals surface area contributed by atoms with Gasteiger partial charge in [0.05, 0.1) is 12.7 Å². The van der Waals surface area contributed by atoms with Crippen LogP contribution in [0.4, 0.5) is 17.6 Å². The molecule has 1 aromatic heterocycles. The maximum absolute atomic E-state index is 14.6. The van der Waals surface area contributed by atoms with Gasteiger partial charge in [0.1, 0.15) is 22.8 Å². The number of pyridine rings is 1. The van der Waals surface area contributed by atoms with Gasteiger partial charge in [-0.3, -0.25) is 0 Å². The summed E-state index contributed by atoms with van der Waals surface area (Å²) in [6.07, 6.45) is -3.47. The van der Waals surface area contributed by atoms with E-state index in [2.05, 4.69) is 25.9 Å². The number of nitrogens with zero attached hydrogens (tertiary/aromatic N) is 2. The summed E-state index contributed by atoms with van der Waals surface area (Å²) >= 11 is 3.38. The molecular formula is C21H14BrF4N3O. The first-order valence-electron chi connectivity index (χ1n) is 8.71. The Morgan fingerprint density at radius 3 is 2.47 bits per heavy atom. The van der Waals surface area contributed by atoms with Gasteiger partial charge in [-0.1, -0.05) is 40.2 Å². The Kier molecular flexibility index (Phi) is 4.80. The third-order valence-electron chi connectivity index (χ3n) is 4.96. The van der Waals surface area contributed by atoms with Crippen molar-refractivity contribution in [3.05, 3.63) is 92.8 Å². The molecule has 3 aromatic rings. The first-order valence-corrected chi connectivity index (χ1v) is 9.50. The zero-order valence-corrected chi connectivity index (χ0v) is 17.1. The first-order chi connectivity index (χ1) is 14.2. The van der Waals surface area contributed by atoms with Gasteiger partial charge in [-0.15, -0.1) is 0 Å². The van der Waals surface area contributed by atoms with Gasteiger partial charge >= 0.3 is 6.18 Å². The van der Waals surface area contributed by atoms with Gasteiger partial charge in [-0.05, 0) is 29.8 Å². The minimum atomic E-state index is -4.72. The van der Waals surface area contributed by atoms with E-state index in [1.807, 2.05) is 0 Å². The monoisotopic (exact) mass is 479 g/mol. The van der Waals surface area contributed by atoms with Crippen molar-refractivity contribution in [1.82, 2.24) is 4.98 Å². The zero-order chi connectivity index (χ0) is 21.7. The molecule has 2 heterocycles. The maximum Gasteiger partial charge on any atom is 0.421 e. The van der Waals surface area contributed by atoms with Crippen LogP contribution in [0.25, 0.3) is 0 Å². The second-order valence-corrected chi connectivity index (χ2v) is 7.57. The molecule has 0 saturated heterocycles. The number of amidine groups is 1. The van der Waals surface area contributed by atoms with Crippen molar-refractivity contribution in [2.24, 2.45) is 10.7 Å². The van der Waals surface area contributed by atoms with Crippen molar-refractivity contribution >= 4 is 21.8 Å². The molecule has 1 aliphatic rings. The van der Waals surface area contributed by atoms with E-state index in [1.165, 1.54) is 18.3 Å². The number of aromatic nitrogens is 1. The van der Waals surface area contributed by atoms with Crippen LogP contribution in [0.2, 0.25) is 0 Å². The lowest BCUT2D eigenvalue weighted by atomic mass is 9.77. The number of hydrogen-bond acceptors (Lipinski definition) is 4. The molecule has 2 N–H and O–H groups in total. The standard InChI is InChI=1S/C21H14BrF4N3O/c1-30-19-15(21(24,25)26)9-12(10-28-19)20(11-4-2-5-13(22)8-11)14-6-3-7-16(23)17(14)18(27)29-20/h2-10H,1H3,(H2,27,29). The van der Waals surface area contributed by atoms with E-state index in [-0.39, 0.29) is 17.0 Å². The average Bonchev–Trinajstić information content (AvgIpc) is 3.01. The van der Waals surface area contributed by atoms with Crippen molar-refractivity contribution in [3.63, 3.8) is 0 Å². The Labute approximate surface area is 177 Å². The van der Waals surface area contributed by atoms with Gasteiger partial charge in [-0.2, -0.15) is 13.2 Å². The van der Waals surface area contributed by atoms with E-state index < -0.39 is 29.0 Å². The van der Waals surface area contributed by atoms with Crippen LogP contribution < -0.4 is 10.5 Å². The molecule has 0 radical (unpaired) electrons. The normalized spacial score (nSPS) is 18.1. The summed E-state index contributed by atoms with van der Waals surface area (Å²) in [6.45, 7) is 0. The van der Waals surface area contributed by atoms with Gasteiger partial charge in [0.2, 0.25) is 5.88 Å². The number of alkyl halides is 3. The number of hydrogen-bond donors (Lipinski definition) is 1. The van der Waals surface area contributed by atoms with Gasteiger partial charge in [0, 0.05) is 21.8 Å². The van der Waals surface area contributed by atoms with E-state index >= 15 is 0 Å². The van der Waals surface area contributed by atoms with Crippen LogP contribution >= 0.6 is 15.9 Å². The van der Waals surface area contributed by atoms with E-state index in [9.17, 15) is 17.6 Å². The highest BCUT2D eigenvalue weighted by atomic mass is 79.9. The van der Waals surface area contributed by atoms with E-state index in [1.54, 1.807) is 30.3 Å². The molecule has 0 fully saturated rings. The van der Waals surface area contributed by atoms with Gasteiger partial charge in [0.25, 0.3) is 0 Å². The highest BCUT2D eigenvalue weighted by molar-refractivity contribution is 9.10. The van der Waals surface area contributed by atoms with Crippen LogP contribution in [0.5, 0.6) is 5.88 Å². The second kappa shape index (κ2) is 7.09. The first kappa shape index (κ1) is 20.3. The number of fused-ring (bicyclic) bond motifs is 1. The number of methoxy groups -OCH3 is 1. The van der Waals surface area contributed by atoms with Crippen LogP contribution in [0.1, 0.15) is 27.8 Å². The molecule has 4 nitrogen and oxygen atoms in total. The molecule has 0 saturated carbocycles. The molecule has 0 spiro atoms. The number of nitrogens with two attached hydrogens (primary N) is 1. The third-order valence-corrected chi connectivity index (χ3v) is 5.45. The summed E-state index contributed by atoms with van der Waals surface area (Å²) < 4.78 is 61.1. The maximum atomic E-state index is 14.6. The topological polar surface area (TPSA) is 60.5 Å². The molecule has 1 aliphatic heterocycles. The zero-order valence-electron chi connectivity index (χ0n) is 15.5. The summed E-state index contributed by atoms with van der Waals surface area (Å²) in [7, 11) is 1.11. The van der Waals surface area contributed by atoms with Gasteiger partial charge < -0.3 is 10.5 Å².